The molecule has 0 amide bonds. The van der Waals surface area contributed by atoms with Crippen LogP contribution in [0.5, 0.6) is 0 Å². The van der Waals surface area contributed by atoms with Gasteiger partial charge >= 0.3 is 11.8 Å². The molecule has 0 aliphatic carbocycles. The number of nitrogens with zero attached hydrogens (tertiary/aromatic N) is 3. The molecule has 30 heavy (non-hydrogen) atoms. The second-order valence-electron chi connectivity index (χ2n) is 7.39. The van der Waals surface area contributed by atoms with Crippen molar-refractivity contribution in [2.75, 3.05) is 0 Å². The Labute approximate surface area is 189 Å². The fraction of sp³-hybridized carbons (Fsp3) is 0.316. The summed E-state index contributed by atoms with van der Waals surface area (Å²) < 4.78 is 21.4. The van der Waals surface area contributed by atoms with Crippen LogP contribution in [0.4, 0.5) is 9.18 Å². The number of ether oxygens (including phenoxy) is 1. The average molecular weight is 521 g/mol. The minimum absolute atomic E-state index is 0.0288. The molecule has 1 unspecified atom stereocenters. The van der Waals surface area contributed by atoms with E-state index in [1.165, 1.54) is 12.3 Å². The molecular formula is C19H17BrCl2FN3O4. The van der Waals surface area contributed by atoms with Crippen molar-refractivity contribution in [2.24, 2.45) is 0 Å². The molecule has 0 aliphatic rings. The number of carbonyl (C=O) groups excluding carboxylic acids is 1. The molecule has 2 heterocycles. The Balaban J connectivity index is 2.14. The standard InChI is InChI=1S/C19H17BrCl2FN3O4/c1-9(14-11(21)5-6-12(23)15(14)22)30-26-13-7-10(20)8-24-16(13)25(17(26)27)18(28)29-19(2,3)4/h5-9H,1-4H3. The van der Waals surface area contributed by atoms with Gasteiger partial charge in [0, 0.05) is 21.3 Å². The predicted molar refractivity (Wildman–Crippen MR) is 115 cm³/mol. The maximum Gasteiger partial charge on any atom is 0.424 e. The Bertz CT molecular complexity index is 1200. The lowest BCUT2D eigenvalue weighted by atomic mass is 10.1. The van der Waals surface area contributed by atoms with Gasteiger partial charge in [0.2, 0.25) is 0 Å². The molecule has 0 bridgehead atoms. The minimum atomic E-state index is -0.935. The van der Waals surface area contributed by atoms with Gasteiger partial charge in [0.25, 0.3) is 0 Å². The summed E-state index contributed by atoms with van der Waals surface area (Å²) in [5, 5.41) is -0.0598. The quantitative estimate of drug-likeness (QED) is 0.433. The summed E-state index contributed by atoms with van der Waals surface area (Å²) in [5.41, 5.74) is -1.31. The molecule has 160 valence electrons. The summed E-state index contributed by atoms with van der Waals surface area (Å²) in [6.07, 6.45) is -0.421. The van der Waals surface area contributed by atoms with E-state index in [-0.39, 0.29) is 26.8 Å². The lowest BCUT2D eigenvalue weighted by Gasteiger charge is -2.19. The molecule has 11 heteroatoms. The van der Waals surface area contributed by atoms with Crippen LogP contribution in [0.15, 0.2) is 33.7 Å². The van der Waals surface area contributed by atoms with Crippen LogP contribution < -0.4 is 10.5 Å². The molecule has 0 N–H and O–H groups in total. The highest BCUT2D eigenvalue weighted by Crippen LogP contribution is 2.33. The number of carbonyl (C=O) groups is 1. The van der Waals surface area contributed by atoms with Crippen molar-refractivity contribution >= 4 is 56.4 Å². The fourth-order valence-electron chi connectivity index (χ4n) is 2.73. The van der Waals surface area contributed by atoms with Crippen molar-refractivity contribution in [3.05, 3.63) is 60.8 Å². The normalized spacial score (nSPS) is 12.8. The van der Waals surface area contributed by atoms with Crippen LogP contribution in [-0.2, 0) is 4.74 Å². The smallest absolute Gasteiger partial charge is 0.424 e. The molecule has 3 aromatic rings. The van der Waals surface area contributed by atoms with Crippen LogP contribution in [-0.4, -0.2) is 26.0 Å². The van der Waals surface area contributed by atoms with Crippen LogP contribution in [0, 0.1) is 5.82 Å². The van der Waals surface area contributed by atoms with Gasteiger partial charge in [-0.1, -0.05) is 23.2 Å². The number of imidazole rings is 1. The van der Waals surface area contributed by atoms with Crippen LogP contribution in [0.1, 0.15) is 39.4 Å². The Kier molecular flexibility index (Phi) is 6.18. The molecule has 3 rings (SSSR count). The molecule has 0 radical (unpaired) electrons. The van der Waals surface area contributed by atoms with Gasteiger partial charge < -0.3 is 9.57 Å². The zero-order chi connectivity index (χ0) is 22.4. The van der Waals surface area contributed by atoms with Crippen LogP contribution in [0.3, 0.4) is 0 Å². The fourth-order valence-corrected chi connectivity index (χ4v) is 3.72. The first-order valence-corrected chi connectivity index (χ1v) is 10.3. The highest BCUT2D eigenvalue weighted by molar-refractivity contribution is 9.10. The number of rotatable bonds is 3. The van der Waals surface area contributed by atoms with Crippen molar-refractivity contribution in [1.82, 2.24) is 14.3 Å². The van der Waals surface area contributed by atoms with Crippen molar-refractivity contribution in [1.29, 1.82) is 0 Å². The van der Waals surface area contributed by atoms with Crippen LogP contribution in [0.2, 0.25) is 10.0 Å². The average Bonchev–Trinajstić information content (AvgIpc) is 2.88. The van der Waals surface area contributed by atoms with E-state index >= 15 is 0 Å². The Morgan fingerprint density at radius 2 is 1.97 bits per heavy atom. The number of fused-ring (bicyclic) bond motifs is 1. The third kappa shape index (κ3) is 4.33. The molecule has 2 aromatic heterocycles. The SMILES string of the molecule is CC(On1c(=O)n(C(=O)OC(C)(C)C)c2ncc(Br)cc21)c1c(Cl)ccc(F)c1Cl. The maximum absolute atomic E-state index is 13.9. The zero-order valence-corrected chi connectivity index (χ0v) is 19.5. The molecule has 1 aromatic carbocycles. The van der Waals surface area contributed by atoms with Crippen molar-refractivity contribution < 1.29 is 18.8 Å². The molecule has 0 spiro atoms. The molecule has 1 atom stereocenters. The summed E-state index contributed by atoms with van der Waals surface area (Å²) in [6, 6.07) is 4.01. The van der Waals surface area contributed by atoms with E-state index in [0.29, 0.717) is 4.47 Å². The van der Waals surface area contributed by atoms with Gasteiger partial charge in [-0.05, 0) is 61.8 Å². The van der Waals surface area contributed by atoms with Gasteiger partial charge in [-0.15, -0.1) is 4.73 Å². The summed E-state index contributed by atoms with van der Waals surface area (Å²) in [6.45, 7) is 6.56. The van der Waals surface area contributed by atoms with Gasteiger partial charge in [0.1, 0.15) is 16.9 Å². The third-order valence-electron chi connectivity index (χ3n) is 3.94. The van der Waals surface area contributed by atoms with E-state index < -0.39 is 29.3 Å². The highest BCUT2D eigenvalue weighted by Gasteiger charge is 2.27. The Morgan fingerprint density at radius 1 is 1.30 bits per heavy atom. The van der Waals surface area contributed by atoms with E-state index in [1.807, 2.05) is 0 Å². The van der Waals surface area contributed by atoms with Gasteiger partial charge in [-0.2, -0.15) is 4.57 Å². The lowest BCUT2D eigenvalue weighted by molar-refractivity contribution is 0.0402. The van der Waals surface area contributed by atoms with E-state index in [4.69, 9.17) is 32.8 Å². The molecule has 0 aliphatic heterocycles. The van der Waals surface area contributed by atoms with E-state index in [1.54, 1.807) is 33.8 Å². The highest BCUT2D eigenvalue weighted by atomic mass is 79.9. The van der Waals surface area contributed by atoms with Gasteiger partial charge in [-0.3, -0.25) is 0 Å². The second-order valence-corrected chi connectivity index (χ2v) is 9.09. The maximum atomic E-state index is 13.9. The number of aromatic nitrogens is 3. The summed E-state index contributed by atoms with van der Waals surface area (Å²) in [7, 11) is 0. The zero-order valence-electron chi connectivity index (χ0n) is 16.4. The largest absolute Gasteiger partial charge is 0.443 e. The summed E-state index contributed by atoms with van der Waals surface area (Å²) in [5.74, 6) is -0.681. The van der Waals surface area contributed by atoms with Gasteiger partial charge in [0.05, 0.1) is 5.02 Å². The monoisotopic (exact) mass is 519 g/mol. The van der Waals surface area contributed by atoms with Crippen LogP contribution >= 0.6 is 39.1 Å². The van der Waals surface area contributed by atoms with E-state index in [0.717, 1.165) is 15.4 Å². The van der Waals surface area contributed by atoms with Crippen LogP contribution in [0.25, 0.3) is 11.2 Å². The molecule has 0 saturated carbocycles. The minimum Gasteiger partial charge on any atom is -0.443 e. The Morgan fingerprint density at radius 3 is 2.60 bits per heavy atom. The van der Waals surface area contributed by atoms with Crippen molar-refractivity contribution in [2.45, 2.75) is 39.4 Å². The topological polar surface area (TPSA) is 75.3 Å². The number of halogens is 4. The number of pyridine rings is 1. The molecule has 7 nitrogen and oxygen atoms in total. The number of hydrogen-bond acceptors (Lipinski definition) is 5. The number of benzene rings is 1. The van der Waals surface area contributed by atoms with Crippen molar-refractivity contribution in [3.63, 3.8) is 0 Å². The predicted octanol–water partition coefficient (Wildman–Crippen LogP) is 5.38. The first-order chi connectivity index (χ1) is 13.9. The molecular weight excluding hydrogens is 504 g/mol. The van der Waals surface area contributed by atoms with Gasteiger partial charge in [-0.25, -0.2) is 19.0 Å². The summed E-state index contributed by atoms with van der Waals surface area (Å²) in [4.78, 5) is 35.6. The lowest BCUT2D eigenvalue weighted by Crippen LogP contribution is -2.36. The Hall–Kier alpha value is -2.10. The first kappa shape index (κ1) is 22.6. The third-order valence-corrected chi connectivity index (χ3v) is 5.08. The van der Waals surface area contributed by atoms with E-state index in [2.05, 4.69) is 20.9 Å². The van der Waals surface area contributed by atoms with Crippen molar-refractivity contribution in [3.8, 4) is 0 Å². The molecule has 0 fully saturated rings. The first-order valence-electron chi connectivity index (χ1n) is 8.73. The van der Waals surface area contributed by atoms with E-state index in [9.17, 15) is 14.0 Å². The number of hydrogen-bond donors (Lipinski definition) is 0. The summed E-state index contributed by atoms with van der Waals surface area (Å²) >= 11 is 15.5. The van der Waals surface area contributed by atoms with Gasteiger partial charge in [0.15, 0.2) is 11.8 Å². The second kappa shape index (κ2) is 8.20. The molecule has 0 saturated heterocycles.